The zero-order valence-corrected chi connectivity index (χ0v) is 8.37. The summed E-state index contributed by atoms with van der Waals surface area (Å²) < 4.78 is 9.85. The van der Waals surface area contributed by atoms with E-state index < -0.39 is 0 Å². The molecular formula is C8H9N3O2S. The Hall–Kier alpha value is -1.56. The van der Waals surface area contributed by atoms with Crippen molar-refractivity contribution >= 4 is 16.5 Å². The van der Waals surface area contributed by atoms with Crippen LogP contribution in [-0.2, 0) is 6.54 Å². The van der Waals surface area contributed by atoms with Gasteiger partial charge >= 0.3 is 0 Å². The van der Waals surface area contributed by atoms with Gasteiger partial charge in [0.15, 0.2) is 0 Å². The summed E-state index contributed by atoms with van der Waals surface area (Å²) in [6, 6.07) is 1.89. The minimum atomic E-state index is 0.555. The van der Waals surface area contributed by atoms with E-state index in [0.717, 1.165) is 10.7 Å². The third kappa shape index (κ3) is 2.02. The Kier molecular flexibility index (Phi) is 2.64. The number of nitrogens with zero attached hydrogens (tertiary/aromatic N) is 2. The first kappa shape index (κ1) is 9.01. The number of anilines is 1. The van der Waals surface area contributed by atoms with Crippen LogP contribution in [0.2, 0.25) is 0 Å². The Balaban J connectivity index is 1.92. The van der Waals surface area contributed by atoms with Crippen molar-refractivity contribution in [2.45, 2.75) is 6.54 Å². The molecule has 6 heteroatoms. The molecule has 0 aliphatic heterocycles. The Labute approximate surface area is 84.7 Å². The van der Waals surface area contributed by atoms with E-state index in [4.69, 9.17) is 9.15 Å². The van der Waals surface area contributed by atoms with Gasteiger partial charge in [-0.15, -0.1) is 5.10 Å². The molecule has 0 aliphatic rings. The van der Waals surface area contributed by atoms with Crippen molar-refractivity contribution in [1.29, 1.82) is 0 Å². The number of ether oxygens (including phenoxy) is 1. The van der Waals surface area contributed by atoms with Crippen molar-refractivity contribution < 1.29 is 9.15 Å². The van der Waals surface area contributed by atoms with Crippen LogP contribution in [-0.4, -0.2) is 17.3 Å². The molecular weight excluding hydrogens is 202 g/mol. The molecule has 0 bridgehead atoms. The van der Waals surface area contributed by atoms with Gasteiger partial charge < -0.3 is 14.5 Å². The molecule has 0 saturated heterocycles. The largest absolute Gasteiger partial charge is 0.472 e. The molecule has 2 aromatic rings. The lowest BCUT2D eigenvalue weighted by atomic mass is 10.3. The maximum Gasteiger partial charge on any atom is 0.295 e. The molecule has 0 fully saturated rings. The molecule has 0 aromatic carbocycles. The molecule has 5 nitrogen and oxygen atoms in total. The summed E-state index contributed by atoms with van der Waals surface area (Å²) in [5.74, 6) is 0. The van der Waals surface area contributed by atoms with Gasteiger partial charge in [0.2, 0.25) is 5.13 Å². The standard InChI is InChI=1S/C8H9N3O2S/c1-12-8-11-10-7(14-8)9-4-6-2-3-13-5-6/h2-3,5H,4H2,1H3,(H,9,10). The van der Waals surface area contributed by atoms with Gasteiger partial charge in [-0.25, -0.2) is 0 Å². The fraction of sp³-hybridized carbons (Fsp3) is 0.250. The molecule has 2 rings (SSSR count). The molecule has 2 heterocycles. The van der Waals surface area contributed by atoms with Crippen LogP contribution in [0, 0.1) is 0 Å². The lowest BCUT2D eigenvalue weighted by Crippen LogP contribution is -1.96. The van der Waals surface area contributed by atoms with Gasteiger partial charge in [0.25, 0.3) is 5.19 Å². The van der Waals surface area contributed by atoms with Crippen LogP contribution in [0.25, 0.3) is 0 Å². The number of hydrogen-bond acceptors (Lipinski definition) is 6. The second-order valence-electron chi connectivity index (χ2n) is 2.56. The van der Waals surface area contributed by atoms with Crippen molar-refractivity contribution in [2.75, 3.05) is 12.4 Å². The predicted molar refractivity (Wildman–Crippen MR) is 52.5 cm³/mol. The van der Waals surface area contributed by atoms with Gasteiger partial charge in [0.05, 0.1) is 19.6 Å². The number of rotatable bonds is 4. The van der Waals surface area contributed by atoms with Crippen LogP contribution in [0.15, 0.2) is 23.0 Å². The van der Waals surface area contributed by atoms with E-state index >= 15 is 0 Å². The first-order valence-corrected chi connectivity index (χ1v) is 4.82. The SMILES string of the molecule is COc1nnc(NCc2ccoc2)s1. The van der Waals surface area contributed by atoms with E-state index in [-0.39, 0.29) is 0 Å². The maximum absolute atomic E-state index is 4.93. The van der Waals surface area contributed by atoms with Crippen molar-refractivity contribution in [3.63, 3.8) is 0 Å². The number of methoxy groups -OCH3 is 1. The monoisotopic (exact) mass is 211 g/mol. The topological polar surface area (TPSA) is 60.2 Å². The van der Waals surface area contributed by atoms with Crippen LogP contribution in [0.1, 0.15) is 5.56 Å². The highest BCUT2D eigenvalue weighted by Gasteiger charge is 2.02. The average Bonchev–Trinajstić information content (AvgIpc) is 2.86. The number of hydrogen-bond donors (Lipinski definition) is 1. The Bertz CT molecular complexity index is 385. The van der Waals surface area contributed by atoms with Crippen LogP contribution in [0.3, 0.4) is 0 Å². The van der Waals surface area contributed by atoms with Crippen molar-refractivity contribution in [1.82, 2.24) is 10.2 Å². The third-order valence-electron chi connectivity index (χ3n) is 1.60. The number of furan rings is 1. The first-order chi connectivity index (χ1) is 6.88. The highest BCUT2D eigenvalue weighted by Crippen LogP contribution is 2.21. The minimum Gasteiger partial charge on any atom is -0.472 e. The first-order valence-electron chi connectivity index (χ1n) is 4.01. The maximum atomic E-state index is 4.93. The van der Waals surface area contributed by atoms with E-state index in [2.05, 4.69) is 15.5 Å². The lowest BCUT2D eigenvalue weighted by Gasteiger charge is -1.96. The molecule has 74 valence electrons. The summed E-state index contributed by atoms with van der Waals surface area (Å²) in [4.78, 5) is 0. The molecule has 0 amide bonds. The van der Waals surface area contributed by atoms with Gasteiger partial charge in [-0.2, -0.15) is 0 Å². The van der Waals surface area contributed by atoms with E-state index in [1.54, 1.807) is 19.6 Å². The summed E-state index contributed by atoms with van der Waals surface area (Å²) in [5.41, 5.74) is 1.07. The summed E-state index contributed by atoms with van der Waals surface area (Å²) in [5, 5.41) is 12.1. The van der Waals surface area contributed by atoms with Crippen LogP contribution in [0.4, 0.5) is 5.13 Å². The second-order valence-corrected chi connectivity index (χ2v) is 3.50. The van der Waals surface area contributed by atoms with Crippen LogP contribution in [0.5, 0.6) is 5.19 Å². The van der Waals surface area contributed by atoms with Crippen molar-refractivity contribution in [3.8, 4) is 5.19 Å². The fourth-order valence-electron chi connectivity index (χ4n) is 0.935. The van der Waals surface area contributed by atoms with E-state index in [1.807, 2.05) is 6.07 Å². The molecule has 2 aromatic heterocycles. The fourth-order valence-corrected chi connectivity index (χ4v) is 1.49. The van der Waals surface area contributed by atoms with Crippen LogP contribution >= 0.6 is 11.3 Å². The molecule has 14 heavy (non-hydrogen) atoms. The van der Waals surface area contributed by atoms with E-state index in [1.165, 1.54) is 11.3 Å². The third-order valence-corrected chi connectivity index (χ3v) is 2.45. The molecule has 0 aliphatic carbocycles. The van der Waals surface area contributed by atoms with E-state index in [0.29, 0.717) is 11.7 Å². The molecule has 0 atom stereocenters. The van der Waals surface area contributed by atoms with Gasteiger partial charge in [-0.3, -0.25) is 0 Å². The molecule has 0 spiro atoms. The zero-order valence-electron chi connectivity index (χ0n) is 7.56. The summed E-state index contributed by atoms with van der Waals surface area (Å²) in [6.07, 6.45) is 3.32. The normalized spacial score (nSPS) is 10.1. The second kappa shape index (κ2) is 4.10. The Morgan fingerprint density at radius 2 is 2.50 bits per heavy atom. The lowest BCUT2D eigenvalue weighted by molar-refractivity contribution is 0.407. The number of nitrogens with one attached hydrogen (secondary N) is 1. The smallest absolute Gasteiger partial charge is 0.295 e. The average molecular weight is 211 g/mol. The highest BCUT2D eigenvalue weighted by atomic mass is 32.1. The molecule has 0 saturated carbocycles. The Morgan fingerprint density at radius 3 is 3.14 bits per heavy atom. The quantitative estimate of drug-likeness (QED) is 0.834. The zero-order chi connectivity index (χ0) is 9.80. The summed E-state index contributed by atoms with van der Waals surface area (Å²) in [7, 11) is 1.57. The highest BCUT2D eigenvalue weighted by molar-refractivity contribution is 7.16. The van der Waals surface area contributed by atoms with Gasteiger partial charge in [0, 0.05) is 12.1 Å². The summed E-state index contributed by atoms with van der Waals surface area (Å²) >= 11 is 1.37. The minimum absolute atomic E-state index is 0.555. The van der Waals surface area contributed by atoms with E-state index in [9.17, 15) is 0 Å². The van der Waals surface area contributed by atoms with Gasteiger partial charge in [-0.05, 0) is 17.4 Å². The predicted octanol–water partition coefficient (Wildman–Crippen LogP) is 1.75. The molecule has 0 radical (unpaired) electrons. The van der Waals surface area contributed by atoms with Crippen molar-refractivity contribution in [3.05, 3.63) is 24.2 Å². The van der Waals surface area contributed by atoms with Crippen molar-refractivity contribution in [2.24, 2.45) is 0 Å². The summed E-state index contributed by atoms with van der Waals surface area (Å²) in [6.45, 7) is 0.675. The molecule has 0 unspecified atom stereocenters. The Morgan fingerprint density at radius 1 is 1.57 bits per heavy atom. The van der Waals surface area contributed by atoms with Crippen LogP contribution < -0.4 is 10.1 Å². The van der Waals surface area contributed by atoms with Gasteiger partial charge in [-0.1, -0.05) is 5.10 Å². The van der Waals surface area contributed by atoms with Gasteiger partial charge in [0.1, 0.15) is 0 Å². The molecule has 1 N–H and O–H groups in total. The number of aromatic nitrogens is 2.